The van der Waals surface area contributed by atoms with Crippen molar-refractivity contribution in [1.82, 2.24) is 15.2 Å². The molecule has 1 amide bonds. The lowest BCUT2D eigenvalue weighted by molar-refractivity contribution is 0.0617. The van der Waals surface area contributed by atoms with Gasteiger partial charge in [-0.1, -0.05) is 11.6 Å². The number of fused-ring (bicyclic) bond motifs is 3. The second-order valence-corrected chi connectivity index (χ2v) is 5.61. The molecule has 6 heteroatoms. The largest absolute Gasteiger partial charge is 0.346 e. The molecule has 1 unspecified atom stereocenters. The van der Waals surface area contributed by atoms with Crippen LogP contribution in [0.3, 0.4) is 0 Å². The molecule has 1 atom stereocenters. The lowest BCUT2D eigenvalue weighted by atomic mass is 9.84. The molecule has 3 fully saturated rings. The molecule has 0 aromatic carbocycles. The van der Waals surface area contributed by atoms with E-state index in [0.29, 0.717) is 5.92 Å². The Morgan fingerprint density at radius 3 is 2.79 bits per heavy atom. The number of carbonyl (C=O) groups excluding carboxylic acids is 1. The van der Waals surface area contributed by atoms with Gasteiger partial charge in [0.05, 0.1) is 11.2 Å². The fourth-order valence-electron chi connectivity index (χ4n) is 2.91. The minimum atomic E-state index is -0.610. The van der Waals surface area contributed by atoms with Crippen molar-refractivity contribution in [2.45, 2.75) is 18.9 Å². The molecular formula is C13H15ClFN3O. The summed E-state index contributed by atoms with van der Waals surface area (Å²) in [6, 6.07) is 1.44. The van der Waals surface area contributed by atoms with E-state index in [1.54, 1.807) is 0 Å². The first kappa shape index (κ1) is 12.8. The number of pyridine rings is 1. The Morgan fingerprint density at radius 2 is 2.21 bits per heavy atom. The average Bonchev–Trinajstić information content (AvgIpc) is 2.43. The van der Waals surface area contributed by atoms with Crippen molar-refractivity contribution in [3.63, 3.8) is 0 Å². The Kier molecular flexibility index (Phi) is 3.41. The van der Waals surface area contributed by atoms with E-state index < -0.39 is 5.82 Å². The van der Waals surface area contributed by atoms with Gasteiger partial charge in [0.2, 0.25) is 0 Å². The SMILES string of the molecule is O=C(NC1CN2CCC1CC2)c1cc(Cl)c(F)cn1. The Hall–Kier alpha value is -1.20. The second kappa shape index (κ2) is 5.06. The predicted molar refractivity (Wildman–Crippen MR) is 69.6 cm³/mol. The van der Waals surface area contributed by atoms with Crippen LogP contribution < -0.4 is 5.32 Å². The van der Waals surface area contributed by atoms with Crippen LogP contribution in [0.15, 0.2) is 12.3 Å². The van der Waals surface area contributed by atoms with Crippen LogP contribution >= 0.6 is 11.6 Å². The van der Waals surface area contributed by atoms with Crippen molar-refractivity contribution in [3.8, 4) is 0 Å². The number of halogens is 2. The number of hydrogen-bond donors (Lipinski definition) is 1. The van der Waals surface area contributed by atoms with E-state index in [-0.39, 0.29) is 22.7 Å². The molecule has 4 rings (SSSR count). The zero-order valence-corrected chi connectivity index (χ0v) is 11.2. The number of aromatic nitrogens is 1. The lowest BCUT2D eigenvalue weighted by Gasteiger charge is -2.44. The number of piperidine rings is 3. The van der Waals surface area contributed by atoms with Crippen molar-refractivity contribution < 1.29 is 9.18 Å². The van der Waals surface area contributed by atoms with Crippen LogP contribution in [0.2, 0.25) is 5.02 Å². The summed E-state index contributed by atoms with van der Waals surface area (Å²) in [4.78, 5) is 18.2. The monoisotopic (exact) mass is 283 g/mol. The smallest absolute Gasteiger partial charge is 0.270 e. The van der Waals surface area contributed by atoms with Gasteiger partial charge in [0.15, 0.2) is 5.82 Å². The Morgan fingerprint density at radius 1 is 1.47 bits per heavy atom. The molecule has 3 aliphatic heterocycles. The maximum Gasteiger partial charge on any atom is 0.270 e. The van der Waals surface area contributed by atoms with Crippen molar-refractivity contribution in [1.29, 1.82) is 0 Å². The maximum absolute atomic E-state index is 13.0. The summed E-state index contributed by atoms with van der Waals surface area (Å²) in [5.41, 5.74) is 0.169. The van der Waals surface area contributed by atoms with Crippen LogP contribution in [0.1, 0.15) is 23.3 Å². The van der Waals surface area contributed by atoms with Gasteiger partial charge in [0.1, 0.15) is 5.69 Å². The van der Waals surface area contributed by atoms with Crippen molar-refractivity contribution in [2.75, 3.05) is 19.6 Å². The molecule has 1 aromatic rings. The van der Waals surface area contributed by atoms with Gasteiger partial charge < -0.3 is 10.2 Å². The van der Waals surface area contributed by atoms with Crippen molar-refractivity contribution in [2.24, 2.45) is 5.92 Å². The van der Waals surface area contributed by atoms with E-state index in [4.69, 9.17) is 11.6 Å². The first-order valence-corrected chi connectivity index (χ1v) is 6.85. The second-order valence-electron chi connectivity index (χ2n) is 5.20. The highest BCUT2D eigenvalue weighted by Gasteiger charge is 2.35. The molecule has 0 saturated carbocycles. The maximum atomic E-state index is 13.0. The lowest BCUT2D eigenvalue weighted by Crippen LogP contribution is -2.57. The number of amides is 1. The number of nitrogens with zero attached hydrogens (tertiary/aromatic N) is 2. The predicted octanol–water partition coefficient (Wildman–Crippen LogP) is 1.70. The molecule has 1 N–H and O–H groups in total. The van der Waals surface area contributed by atoms with E-state index >= 15 is 0 Å². The van der Waals surface area contributed by atoms with E-state index in [0.717, 1.165) is 38.7 Å². The number of hydrogen-bond acceptors (Lipinski definition) is 3. The standard InChI is InChI=1S/C13H15ClFN3O/c14-9-5-11(16-6-10(9)15)13(19)17-12-7-18-3-1-8(12)2-4-18/h5-6,8,12H,1-4,7H2,(H,17,19). The molecule has 1 aromatic heterocycles. The van der Waals surface area contributed by atoms with Crippen molar-refractivity contribution in [3.05, 3.63) is 28.8 Å². The van der Waals surface area contributed by atoms with Crippen molar-refractivity contribution >= 4 is 17.5 Å². The summed E-state index contributed by atoms with van der Waals surface area (Å²) < 4.78 is 13.0. The van der Waals surface area contributed by atoms with Gasteiger partial charge in [-0.2, -0.15) is 0 Å². The third kappa shape index (κ3) is 2.58. The molecule has 0 spiro atoms. The van der Waals surface area contributed by atoms with Gasteiger partial charge in [0, 0.05) is 12.6 Å². The molecule has 4 nitrogen and oxygen atoms in total. The van der Waals surface area contributed by atoms with Crippen LogP contribution in [0, 0.1) is 11.7 Å². The highest BCUT2D eigenvalue weighted by molar-refractivity contribution is 6.31. The van der Waals surface area contributed by atoms with Gasteiger partial charge in [-0.15, -0.1) is 0 Å². The van der Waals surface area contributed by atoms with E-state index in [2.05, 4.69) is 15.2 Å². The molecule has 102 valence electrons. The van der Waals surface area contributed by atoms with Gasteiger partial charge in [-0.25, -0.2) is 9.37 Å². The molecule has 0 aliphatic carbocycles. The minimum Gasteiger partial charge on any atom is -0.346 e. The van der Waals surface area contributed by atoms with Crippen LogP contribution in [-0.4, -0.2) is 41.5 Å². The molecule has 4 heterocycles. The first-order valence-electron chi connectivity index (χ1n) is 6.48. The summed E-state index contributed by atoms with van der Waals surface area (Å²) in [5, 5.41) is 2.91. The van der Waals surface area contributed by atoms with Gasteiger partial charge >= 0.3 is 0 Å². The molecular weight excluding hydrogens is 269 g/mol. The molecule has 2 bridgehead atoms. The molecule has 0 radical (unpaired) electrons. The summed E-state index contributed by atoms with van der Waals surface area (Å²) >= 11 is 5.66. The zero-order chi connectivity index (χ0) is 13.4. The number of nitrogens with one attached hydrogen (secondary N) is 1. The van der Waals surface area contributed by atoms with E-state index in [1.165, 1.54) is 6.07 Å². The molecule has 3 aliphatic rings. The Labute approximate surface area is 115 Å². The van der Waals surface area contributed by atoms with E-state index in [9.17, 15) is 9.18 Å². The fraction of sp³-hybridized carbons (Fsp3) is 0.538. The summed E-state index contributed by atoms with van der Waals surface area (Å²) in [7, 11) is 0. The molecule has 3 saturated heterocycles. The number of carbonyl (C=O) groups is 1. The topological polar surface area (TPSA) is 45.2 Å². The molecule has 19 heavy (non-hydrogen) atoms. The summed E-state index contributed by atoms with van der Waals surface area (Å²) in [5.74, 6) is -0.341. The summed E-state index contributed by atoms with van der Waals surface area (Å²) in [6.45, 7) is 3.14. The minimum absolute atomic E-state index is 0.0749. The first-order chi connectivity index (χ1) is 9.13. The fourth-order valence-corrected chi connectivity index (χ4v) is 3.06. The van der Waals surface area contributed by atoms with Crippen LogP contribution in [0.5, 0.6) is 0 Å². The summed E-state index contributed by atoms with van der Waals surface area (Å²) in [6.07, 6.45) is 3.23. The third-order valence-electron chi connectivity index (χ3n) is 4.01. The van der Waals surface area contributed by atoms with Crippen LogP contribution in [-0.2, 0) is 0 Å². The van der Waals surface area contributed by atoms with Gasteiger partial charge in [-0.05, 0) is 37.9 Å². The number of rotatable bonds is 2. The van der Waals surface area contributed by atoms with Gasteiger partial charge in [0.25, 0.3) is 5.91 Å². The average molecular weight is 284 g/mol. The highest BCUT2D eigenvalue weighted by Crippen LogP contribution is 2.27. The Balaban J connectivity index is 1.69. The third-order valence-corrected chi connectivity index (χ3v) is 4.30. The van der Waals surface area contributed by atoms with Crippen LogP contribution in [0.4, 0.5) is 4.39 Å². The zero-order valence-electron chi connectivity index (χ0n) is 10.4. The quantitative estimate of drug-likeness (QED) is 0.898. The van der Waals surface area contributed by atoms with Gasteiger partial charge in [-0.3, -0.25) is 4.79 Å². The highest BCUT2D eigenvalue weighted by atomic mass is 35.5. The Bertz CT molecular complexity index is 503. The van der Waals surface area contributed by atoms with E-state index in [1.807, 2.05) is 0 Å². The normalized spacial score (nSPS) is 29.3. The van der Waals surface area contributed by atoms with Crippen LogP contribution in [0.25, 0.3) is 0 Å².